The standard InChI is InChI=1S/C12H24N2O4S/c13-5-10-18-11-1-6-14(7-2-11)19(15,16)12-3-8-17-9-4-12/h11-12H,1-10,13H2. The van der Waals surface area contributed by atoms with Gasteiger partial charge in [-0.25, -0.2) is 12.7 Å². The van der Waals surface area contributed by atoms with Gasteiger partial charge in [0.05, 0.1) is 18.0 Å². The summed E-state index contributed by atoms with van der Waals surface area (Å²) in [5, 5.41) is -0.261. The highest BCUT2D eigenvalue weighted by atomic mass is 32.2. The van der Waals surface area contributed by atoms with Gasteiger partial charge in [0.2, 0.25) is 10.0 Å². The minimum Gasteiger partial charge on any atom is -0.381 e. The second-order valence-electron chi connectivity index (χ2n) is 5.11. The highest BCUT2D eigenvalue weighted by molar-refractivity contribution is 7.89. The van der Waals surface area contributed by atoms with Gasteiger partial charge in [-0.3, -0.25) is 0 Å². The molecule has 2 rings (SSSR count). The smallest absolute Gasteiger partial charge is 0.217 e. The molecule has 0 aromatic carbocycles. The lowest BCUT2D eigenvalue weighted by atomic mass is 10.1. The van der Waals surface area contributed by atoms with Crippen LogP contribution in [0.2, 0.25) is 0 Å². The molecule has 0 aromatic heterocycles. The second-order valence-corrected chi connectivity index (χ2v) is 7.33. The van der Waals surface area contributed by atoms with Crippen molar-refractivity contribution < 1.29 is 17.9 Å². The molecule has 2 aliphatic heterocycles. The Labute approximate surface area is 115 Å². The van der Waals surface area contributed by atoms with E-state index in [1.165, 1.54) is 0 Å². The van der Waals surface area contributed by atoms with Gasteiger partial charge >= 0.3 is 0 Å². The number of nitrogens with two attached hydrogens (primary N) is 1. The number of rotatable bonds is 5. The van der Waals surface area contributed by atoms with Crippen LogP contribution in [0.5, 0.6) is 0 Å². The summed E-state index contributed by atoms with van der Waals surface area (Å²) in [5.74, 6) is 0. The molecule has 0 atom stereocenters. The molecule has 0 amide bonds. The van der Waals surface area contributed by atoms with Crippen LogP contribution >= 0.6 is 0 Å². The molecule has 0 saturated carbocycles. The van der Waals surface area contributed by atoms with E-state index >= 15 is 0 Å². The normalized spacial score (nSPS) is 24.7. The molecular formula is C12H24N2O4S. The molecule has 0 unspecified atom stereocenters. The number of piperidine rings is 1. The summed E-state index contributed by atoms with van der Waals surface area (Å²) < 4.78 is 37.4. The molecule has 6 nitrogen and oxygen atoms in total. The van der Waals surface area contributed by atoms with Crippen molar-refractivity contribution in [1.29, 1.82) is 0 Å². The summed E-state index contributed by atoms with van der Waals surface area (Å²) >= 11 is 0. The van der Waals surface area contributed by atoms with E-state index in [4.69, 9.17) is 15.2 Å². The van der Waals surface area contributed by atoms with Crippen LogP contribution in [-0.4, -0.2) is 63.5 Å². The first-order valence-electron chi connectivity index (χ1n) is 7.03. The van der Waals surface area contributed by atoms with Gasteiger partial charge < -0.3 is 15.2 Å². The zero-order valence-electron chi connectivity index (χ0n) is 11.3. The third-order valence-electron chi connectivity index (χ3n) is 3.82. The van der Waals surface area contributed by atoms with E-state index in [2.05, 4.69) is 0 Å². The Balaban J connectivity index is 1.85. The Morgan fingerprint density at radius 2 is 1.79 bits per heavy atom. The summed E-state index contributed by atoms with van der Waals surface area (Å²) in [6, 6.07) is 0. The highest BCUT2D eigenvalue weighted by Gasteiger charge is 2.35. The van der Waals surface area contributed by atoms with Crippen LogP contribution in [0.3, 0.4) is 0 Å². The maximum absolute atomic E-state index is 12.5. The van der Waals surface area contributed by atoms with Gasteiger partial charge in [0.15, 0.2) is 0 Å². The zero-order chi connectivity index (χ0) is 13.7. The van der Waals surface area contributed by atoms with E-state index in [1.54, 1.807) is 4.31 Å². The molecule has 7 heteroatoms. The average molecular weight is 292 g/mol. The Bertz CT molecular complexity index is 360. The third kappa shape index (κ3) is 3.88. The minimum atomic E-state index is -3.16. The van der Waals surface area contributed by atoms with Crippen molar-refractivity contribution in [3.8, 4) is 0 Å². The van der Waals surface area contributed by atoms with Gasteiger partial charge in [-0.15, -0.1) is 0 Å². The lowest BCUT2D eigenvalue weighted by Gasteiger charge is -2.34. The molecule has 0 spiro atoms. The van der Waals surface area contributed by atoms with Gasteiger partial charge in [0, 0.05) is 32.8 Å². The molecule has 0 aliphatic carbocycles. The molecular weight excluding hydrogens is 268 g/mol. The van der Waals surface area contributed by atoms with Crippen molar-refractivity contribution in [3.05, 3.63) is 0 Å². The molecule has 2 N–H and O–H groups in total. The lowest BCUT2D eigenvalue weighted by Crippen LogP contribution is -2.46. The van der Waals surface area contributed by atoms with Gasteiger partial charge in [-0.2, -0.15) is 0 Å². The molecule has 0 bridgehead atoms. The predicted octanol–water partition coefficient (Wildman–Crippen LogP) is -0.0651. The fourth-order valence-corrected chi connectivity index (χ4v) is 4.60. The fourth-order valence-electron chi connectivity index (χ4n) is 2.67. The topological polar surface area (TPSA) is 81.9 Å². The summed E-state index contributed by atoms with van der Waals surface area (Å²) in [6.45, 7) is 3.31. The summed E-state index contributed by atoms with van der Waals surface area (Å²) in [4.78, 5) is 0. The Morgan fingerprint density at radius 3 is 2.37 bits per heavy atom. The van der Waals surface area contributed by atoms with Crippen LogP contribution in [0.25, 0.3) is 0 Å². The number of sulfonamides is 1. The van der Waals surface area contributed by atoms with Crippen LogP contribution < -0.4 is 5.73 Å². The maximum Gasteiger partial charge on any atom is 0.217 e. The summed E-state index contributed by atoms with van der Waals surface area (Å²) in [5.41, 5.74) is 5.40. The van der Waals surface area contributed by atoms with Crippen molar-refractivity contribution in [2.24, 2.45) is 5.73 Å². The highest BCUT2D eigenvalue weighted by Crippen LogP contribution is 2.24. The first kappa shape index (κ1) is 15.2. The Morgan fingerprint density at radius 1 is 1.16 bits per heavy atom. The number of nitrogens with zero attached hydrogens (tertiary/aromatic N) is 1. The van der Waals surface area contributed by atoms with E-state index < -0.39 is 10.0 Å². The average Bonchev–Trinajstić information content (AvgIpc) is 2.46. The van der Waals surface area contributed by atoms with E-state index in [0.29, 0.717) is 52.3 Å². The predicted molar refractivity (Wildman–Crippen MR) is 72.4 cm³/mol. The molecule has 0 aromatic rings. The molecule has 2 heterocycles. The van der Waals surface area contributed by atoms with Crippen LogP contribution in [0, 0.1) is 0 Å². The van der Waals surface area contributed by atoms with E-state index in [-0.39, 0.29) is 11.4 Å². The van der Waals surface area contributed by atoms with Gasteiger partial charge in [0.1, 0.15) is 0 Å². The number of ether oxygens (including phenoxy) is 2. The van der Waals surface area contributed by atoms with Gasteiger partial charge in [0.25, 0.3) is 0 Å². The van der Waals surface area contributed by atoms with E-state index in [9.17, 15) is 8.42 Å². The second kappa shape index (κ2) is 6.99. The van der Waals surface area contributed by atoms with Crippen LogP contribution in [0.15, 0.2) is 0 Å². The Kier molecular flexibility index (Phi) is 5.58. The molecule has 0 radical (unpaired) electrons. The quantitative estimate of drug-likeness (QED) is 0.767. The first-order chi connectivity index (χ1) is 9.14. The summed E-state index contributed by atoms with van der Waals surface area (Å²) in [7, 11) is -3.16. The molecule has 2 saturated heterocycles. The molecule has 2 fully saturated rings. The van der Waals surface area contributed by atoms with Crippen molar-refractivity contribution in [2.75, 3.05) is 39.5 Å². The van der Waals surface area contributed by atoms with E-state index in [0.717, 1.165) is 12.8 Å². The largest absolute Gasteiger partial charge is 0.381 e. The van der Waals surface area contributed by atoms with Crippen molar-refractivity contribution in [2.45, 2.75) is 37.0 Å². The Hall–Kier alpha value is -0.210. The number of hydrogen-bond acceptors (Lipinski definition) is 5. The van der Waals surface area contributed by atoms with Crippen molar-refractivity contribution >= 4 is 10.0 Å². The molecule has 112 valence electrons. The van der Waals surface area contributed by atoms with Crippen molar-refractivity contribution in [3.63, 3.8) is 0 Å². The van der Waals surface area contributed by atoms with Crippen LogP contribution in [0.4, 0.5) is 0 Å². The molecule has 2 aliphatic rings. The zero-order valence-corrected chi connectivity index (χ0v) is 12.1. The monoisotopic (exact) mass is 292 g/mol. The first-order valence-corrected chi connectivity index (χ1v) is 8.53. The molecule has 19 heavy (non-hydrogen) atoms. The number of hydrogen-bond donors (Lipinski definition) is 1. The van der Waals surface area contributed by atoms with Gasteiger partial charge in [-0.05, 0) is 25.7 Å². The third-order valence-corrected chi connectivity index (χ3v) is 6.22. The van der Waals surface area contributed by atoms with Crippen LogP contribution in [-0.2, 0) is 19.5 Å². The van der Waals surface area contributed by atoms with E-state index in [1.807, 2.05) is 0 Å². The fraction of sp³-hybridized carbons (Fsp3) is 1.00. The maximum atomic E-state index is 12.5. The van der Waals surface area contributed by atoms with Crippen molar-refractivity contribution in [1.82, 2.24) is 4.31 Å². The lowest BCUT2D eigenvalue weighted by molar-refractivity contribution is 0.0252. The SMILES string of the molecule is NCCOC1CCN(S(=O)(=O)C2CCOCC2)CC1. The minimum absolute atomic E-state index is 0.157. The summed E-state index contributed by atoms with van der Waals surface area (Å²) in [6.07, 6.45) is 2.92. The van der Waals surface area contributed by atoms with Crippen LogP contribution in [0.1, 0.15) is 25.7 Å². The van der Waals surface area contributed by atoms with Gasteiger partial charge in [-0.1, -0.05) is 0 Å².